The molecule has 3 N–H and O–H groups in total. The lowest BCUT2D eigenvalue weighted by atomic mass is 10.2. The molecule has 0 spiro atoms. The number of hydrogen-bond donors (Lipinski definition) is 2. The highest BCUT2D eigenvalue weighted by Gasteiger charge is 2.18. The Morgan fingerprint density at radius 1 is 1.67 bits per heavy atom. The molecule has 1 aromatic rings. The summed E-state index contributed by atoms with van der Waals surface area (Å²) >= 11 is 7.40. The molecule has 5 heteroatoms. The van der Waals surface area contributed by atoms with E-state index in [0.717, 1.165) is 11.4 Å². The molecule has 2 atom stereocenters. The predicted octanol–water partition coefficient (Wildman–Crippen LogP) is 1.93. The van der Waals surface area contributed by atoms with Crippen LogP contribution in [0.15, 0.2) is 23.4 Å². The van der Waals surface area contributed by atoms with E-state index < -0.39 is 0 Å². The van der Waals surface area contributed by atoms with Crippen molar-refractivity contribution < 1.29 is 5.11 Å². The van der Waals surface area contributed by atoms with Crippen LogP contribution in [0.25, 0.3) is 0 Å². The zero-order valence-electron chi connectivity index (χ0n) is 8.56. The number of aliphatic hydroxyl groups is 1. The molecule has 0 saturated heterocycles. The van der Waals surface area contributed by atoms with Gasteiger partial charge in [0.2, 0.25) is 0 Å². The molecule has 0 radical (unpaired) electrons. The molecule has 0 fully saturated rings. The average molecular weight is 247 g/mol. The van der Waals surface area contributed by atoms with Crippen LogP contribution in [-0.2, 0) is 0 Å². The fourth-order valence-electron chi connectivity index (χ4n) is 1.12. The van der Waals surface area contributed by atoms with Gasteiger partial charge in [-0.05, 0) is 18.6 Å². The van der Waals surface area contributed by atoms with Crippen LogP contribution < -0.4 is 5.73 Å². The predicted molar refractivity (Wildman–Crippen MR) is 64.2 cm³/mol. The van der Waals surface area contributed by atoms with Crippen molar-refractivity contribution in [2.75, 3.05) is 6.61 Å². The zero-order chi connectivity index (χ0) is 11.3. The zero-order valence-corrected chi connectivity index (χ0v) is 10.1. The Bertz CT molecular complexity index is 311. The first-order chi connectivity index (χ1) is 7.19. The summed E-state index contributed by atoms with van der Waals surface area (Å²) in [6, 6.07) is 3.51. The molecule has 1 aromatic heterocycles. The van der Waals surface area contributed by atoms with Gasteiger partial charge in [-0.1, -0.05) is 30.3 Å². The van der Waals surface area contributed by atoms with Gasteiger partial charge in [-0.15, -0.1) is 0 Å². The van der Waals surface area contributed by atoms with Crippen LogP contribution in [0.4, 0.5) is 0 Å². The van der Waals surface area contributed by atoms with E-state index in [1.807, 2.05) is 6.92 Å². The first kappa shape index (κ1) is 12.8. The summed E-state index contributed by atoms with van der Waals surface area (Å²) < 4.78 is 0. The van der Waals surface area contributed by atoms with Crippen molar-refractivity contribution in [2.24, 2.45) is 5.73 Å². The van der Waals surface area contributed by atoms with Crippen molar-refractivity contribution in [3.05, 3.63) is 23.4 Å². The smallest absolute Gasteiger partial charge is 0.115 e. The van der Waals surface area contributed by atoms with Gasteiger partial charge >= 0.3 is 0 Å². The van der Waals surface area contributed by atoms with E-state index in [2.05, 4.69) is 4.98 Å². The van der Waals surface area contributed by atoms with E-state index in [-0.39, 0.29) is 17.9 Å². The standard InChI is InChI=1S/C10H15ClN2OS/c1-2-8(12)9(6-14)15-10-7(11)4-3-5-13-10/h3-5,8-9,14H,2,6,12H2,1H3. The van der Waals surface area contributed by atoms with E-state index in [9.17, 15) is 5.11 Å². The third kappa shape index (κ3) is 3.65. The maximum atomic E-state index is 9.21. The number of pyridine rings is 1. The van der Waals surface area contributed by atoms with Crippen molar-refractivity contribution in [2.45, 2.75) is 29.7 Å². The van der Waals surface area contributed by atoms with Gasteiger partial charge in [-0.2, -0.15) is 0 Å². The molecule has 1 rings (SSSR count). The topological polar surface area (TPSA) is 59.1 Å². The molecule has 0 aliphatic rings. The van der Waals surface area contributed by atoms with Crippen LogP contribution in [0.1, 0.15) is 13.3 Å². The summed E-state index contributed by atoms with van der Waals surface area (Å²) in [7, 11) is 0. The number of thioether (sulfide) groups is 1. The van der Waals surface area contributed by atoms with Gasteiger partial charge < -0.3 is 10.8 Å². The number of nitrogens with zero attached hydrogens (tertiary/aromatic N) is 1. The summed E-state index contributed by atoms with van der Waals surface area (Å²) in [5.41, 5.74) is 5.87. The Morgan fingerprint density at radius 3 is 2.93 bits per heavy atom. The molecule has 0 aliphatic heterocycles. The molecule has 1 heterocycles. The molecule has 0 amide bonds. The van der Waals surface area contributed by atoms with Gasteiger partial charge in [0.1, 0.15) is 5.03 Å². The summed E-state index contributed by atoms with van der Waals surface area (Å²) in [5.74, 6) is 0. The third-order valence-corrected chi connectivity index (χ3v) is 3.88. The van der Waals surface area contributed by atoms with Gasteiger partial charge in [0.25, 0.3) is 0 Å². The number of halogens is 1. The molecule has 84 valence electrons. The maximum Gasteiger partial charge on any atom is 0.115 e. The molecule has 15 heavy (non-hydrogen) atoms. The first-order valence-corrected chi connectivity index (χ1v) is 6.08. The molecule has 0 saturated carbocycles. The van der Waals surface area contributed by atoms with E-state index in [1.54, 1.807) is 18.3 Å². The largest absolute Gasteiger partial charge is 0.395 e. The van der Waals surface area contributed by atoms with Crippen molar-refractivity contribution in [1.29, 1.82) is 0 Å². The number of rotatable bonds is 5. The Morgan fingerprint density at radius 2 is 2.40 bits per heavy atom. The molecular weight excluding hydrogens is 232 g/mol. The highest BCUT2D eigenvalue weighted by Crippen LogP contribution is 2.29. The van der Waals surface area contributed by atoms with Crippen molar-refractivity contribution in [1.82, 2.24) is 4.98 Å². The van der Waals surface area contributed by atoms with Gasteiger partial charge in [0, 0.05) is 17.5 Å². The van der Waals surface area contributed by atoms with Crippen LogP contribution in [0.3, 0.4) is 0 Å². The maximum absolute atomic E-state index is 9.21. The summed E-state index contributed by atoms with van der Waals surface area (Å²) in [5, 5.41) is 10.5. The van der Waals surface area contributed by atoms with Gasteiger partial charge in [-0.25, -0.2) is 4.98 Å². The molecule has 0 aromatic carbocycles. The second-order valence-electron chi connectivity index (χ2n) is 3.20. The second-order valence-corrected chi connectivity index (χ2v) is 4.84. The van der Waals surface area contributed by atoms with Crippen molar-refractivity contribution in [3.63, 3.8) is 0 Å². The molecule has 2 unspecified atom stereocenters. The van der Waals surface area contributed by atoms with Crippen LogP contribution in [0, 0.1) is 0 Å². The summed E-state index contributed by atoms with van der Waals surface area (Å²) in [6.07, 6.45) is 2.50. The van der Waals surface area contributed by atoms with E-state index in [1.165, 1.54) is 11.8 Å². The number of aromatic nitrogens is 1. The van der Waals surface area contributed by atoms with Gasteiger partial charge in [0.05, 0.1) is 11.6 Å². The number of hydrogen-bond acceptors (Lipinski definition) is 4. The van der Waals surface area contributed by atoms with E-state index in [4.69, 9.17) is 17.3 Å². The normalized spacial score (nSPS) is 14.9. The Balaban J connectivity index is 2.71. The van der Waals surface area contributed by atoms with Crippen molar-refractivity contribution >= 4 is 23.4 Å². The highest BCUT2D eigenvalue weighted by molar-refractivity contribution is 8.00. The SMILES string of the molecule is CCC(N)C(CO)Sc1ncccc1Cl. The number of aliphatic hydroxyl groups excluding tert-OH is 1. The Kier molecular flexibility index (Phi) is 5.39. The lowest BCUT2D eigenvalue weighted by Crippen LogP contribution is -2.34. The minimum atomic E-state index is -0.0533. The van der Waals surface area contributed by atoms with Crippen LogP contribution in [0.5, 0.6) is 0 Å². The van der Waals surface area contributed by atoms with Crippen molar-refractivity contribution in [3.8, 4) is 0 Å². The minimum absolute atomic E-state index is 0.0343. The molecule has 0 bridgehead atoms. The van der Waals surface area contributed by atoms with E-state index >= 15 is 0 Å². The average Bonchev–Trinajstić information content (AvgIpc) is 2.27. The van der Waals surface area contributed by atoms with Gasteiger partial charge in [0.15, 0.2) is 0 Å². The minimum Gasteiger partial charge on any atom is -0.395 e. The molecule has 3 nitrogen and oxygen atoms in total. The summed E-state index contributed by atoms with van der Waals surface area (Å²) in [6.45, 7) is 2.03. The lowest BCUT2D eigenvalue weighted by Gasteiger charge is -2.19. The van der Waals surface area contributed by atoms with Crippen LogP contribution in [-0.4, -0.2) is 28.0 Å². The second kappa shape index (κ2) is 6.33. The fourth-order valence-corrected chi connectivity index (χ4v) is 2.41. The lowest BCUT2D eigenvalue weighted by molar-refractivity contribution is 0.281. The van der Waals surface area contributed by atoms with E-state index in [0.29, 0.717) is 5.02 Å². The monoisotopic (exact) mass is 246 g/mol. The molecule has 0 aliphatic carbocycles. The quantitative estimate of drug-likeness (QED) is 0.780. The van der Waals surface area contributed by atoms with Gasteiger partial charge in [-0.3, -0.25) is 0 Å². The van der Waals surface area contributed by atoms with Crippen LogP contribution >= 0.6 is 23.4 Å². The number of nitrogens with two attached hydrogens (primary N) is 1. The van der Waals surface area contributed by atoms with Crippen LogP contribution in [0.2, 0.25) is 5.02 Å². The summed E-state index contributed by atoms with van der Waals surface area (Å²) in [4.78, 5) is 4.15. The third-order valence-electron chi connectivity index (χ3n) is 2.12. The highest BCUT2D eigenvalue weighted by atomic mass is 35.5. The first-order valence-electron chi connectivity index (χ1n) is 4.82. The molecular formula is C10H15ClN2OS. The fraction of sp³-hybridized carbons (Fsp3) is 0.500. The Hall–Kier alpha value is -0.290. The Labute approximate surface area is 99.0 Å².